The molecule has 0 unspecified atom stereocenters. The molecule has 2 rings (SSSR count). The van der Waals surface area contributed by atoms with E-state index < -0.39 is 21.4 Å². The summed E-state index contributed by atoms with van der Waals surface area (Å²) in [5.41, 5.74) is -0.196. The number of rotatable bonds is 3. The molecule has 0 spiro atoms. The number of halogens is 1. The first-order chi connectivity index (χ1) is 8.91. The van der Waals surface area contributed by atoms with Crippen LogP contribution in [0.25, 0.3) is 0 Å². The van der Waals surface area contributed by atoms with Gasteiger partial charge in [-0.15, -0.1) is 0 Å². The fraction of sp³-hybridized carbons (Fsp3) is 0.0833. The zero-order valence-electron chi connectivity index (χ0n) is 10.00. The average molecular weight is 282 g/mol. The summed E-state index contributed by atoms with van der Waals surface area (Å²) in [6, 6.07) is 7.55. The molecule has 1 heterocycles. The largest absolute Gasteiger partial charge is 0.328 e. The molecule has 1 N–H and O–H groups in total. The Bertz CT molecular complexity index is 735. The van der Waals surface area contributed by atoms with Crippen molar-refractivity contribution >= 4 is 15.7 Å². The second kappa shape index (κ2) is 4.85. The smallest absolute Gasteiger partial charge is 0.265 e. The lowest BCUT2D eigenvalue weighted by Crippen LogP contribution is -2.27. The molecule has 0 amide bonds. The number of nitrogens with one attached hydrogen (secondary N) is 1. The summed E-state index contributed by atoms with van der Waals surface area (Å²) >= 11 is 0. The van der Waals surface area contributed by atoms with E-state index in [1.807, 2.05) is 0 Å². The predicted molar refractivity (Wildman–Crippen MR) is 69.1 cm³/mol. The van der Waals surface area contributed by atoms with Crippen molar-refractivity contribution in [1.82, 2.24) is 4.98 Å². The minimum absolute atomic E-state index is 0.0705. The number of anilines is 1. The first kappa shape index (κ1) is 13.3. The summed E-state index contributed by atoms with van der Waals surface area (Å²) in [5.74, 6) is -0.527. The number of benzene rings is 1. The molecular weight excluding hydrogens is 271 g/mol. The Morgan fingerprint density at radius 3 is 2.53 bits per heavy atom. The highest BCUT2D eigenvalue weighted by molar-refractivity contribution is 7.92. The van der Waals surface area contributed by atoms with Gasteiger partial charge in [-0.1, -0.05) is 6.07 Å². The predicted octanol–water partition coefficient (Wildman–Crippen LogP) is 1.34. The van der Waals surface area contributed by atoms with E-state index >= 15 is 0 Å². The first-order valence-corrected chi connectivity index (χ1v) is 6.78. The van der Waals surface area contributed by atoms with Gasteiger partial charge in [-0.3, -0.25) is 9.10 Å². The van der Waals surface area contributed by atoms with Crippen molar-refractivity contribution in [3.05, 3.63) is 58.8 Å². The molecule has 0 aliphatic rings. The minimum atomic E-state index is -3.83. The Labute approximate surface area is 109 Å². The Morgan fingerprint density at radius 2 is 1.95 bits per heavy atom. The van der Waals surface area contributed by atoms with Gasteiger partial charge in [-0.25, -0.2) is 12.8 Å². The lowest BCUT2D eigenvalue weighted by atomic mass is 10.3. The van der Waals surface area contributed by atoms with Crippen LogP contribution < -0.4 is 9.86 Å². The zero-order valence-corrected chi connectivity index (χ0v) is 10.8. The van der Waals surface area contributed by atoms with E-state index in [4.69, 9.17) is 0 Å². The maximum absolute atomic E-state index is 13.1. The summed E-state index contributed by atoms with van der Waals surface area (Å²) in [6.07, 6.45) is 1.10. The number of hydrogen-bond acceptors (Lipinski definition) is 3. The molecule has 7 heteroatoms. The van der Waals surface area contributed by atoms with Crippen molar-refractivity contribution < 1.29 is 12.8 Å². The van der Waals surface area contributed by atoms with Crippen molar-refractivity contribution in [3.8, 4) is 0 Å². The molecule has 1 aromatic carbocycles. The van der Waals surface area contributed by atoms with Crippen LogP contribution in [0.15, 0.2) is 52.3 Å². The molecule has 0 fully saturated rings. The third-order valence-corrected chi connectivity index (χ3v) is 4.37. The highest BCUT2D eigenvalue weighted by atomic mass is 32.2. The Morgan fingerprint density at radius 1 is 1.21 bits per heavy atom. The molecule has 2 aromatic rings. The van der Waals surface area contributed by atoms with E-state index in [9.17, 15) is 17.6 Å². The molecule has 0 bridgehead atoms. The Hall–Kier alpha value is -2.15. The summed E-state index contributed by atoms with van der Waals surface area (Å²) in [7, 11) is -2.51. The highest BCUT2D eigenvalue weighted by Gasteiger charge is 2.21. The van der Waals surface area contributed by atoms with Gasteiger partial charge in [0.25, 0.3) is 10.0 Å². The van der Waals surface area contributed by atoms with E-state index in [0.717, 1.165) is 22.6 Å². The molecule has 19 heavy (non-hydrogen) atoms. The standard InChI is InChI=1S/C12H11FN2O3S/c1-15(10-4-2-3-9(13)7-10)19(17,18)11-5-6-12(16)14-8-11/h2-8H,1H3,(H,14,16). The number of nitrogens with zero attached hydrogens (tertiary/aromatic N) is 1. The van der Waals surface area contributed by atoms with E-state index in [-0.39, 0.29) is 10.6 Å². The lowest BCUT2D eigenvalue weighted by Gasteiger charge is -2.19. The number of aromatic nitrogens is 1. The third kappa shape index (κ3) is 2.65. The number of aromatic amines is 1. The van der Waals surface area contributed by atoms with Crippen LogP contribution in [-0.4, -0.2) is 20.4 Å². The molecule has 100 valence electrons. The van der Waals surface area contributed by atoms with E-state index in [0.29, 0.717) is 0 Å². The molecular formula is C12H11FN2O3S. The lowest BCUT2D eigenvalue weighted by molar-refractivity contribution is 0.593. The van der Waals surface area contributed by atoms with E-state index in [1.165, 1.54) is 31.3 Å². The van der Waals surface area contributed by atoms with Crippen LogP contribution in [0, 0.1) is 5.82 Å². The van der Waals surface area contributed by atoms with Crippen LogP contribution in [0.5, 0.6) is 0 Å². The molecule has 0 aliphatic carbocycles. The van der Waals surface area contributed by atoms with Crippen LogP contribution >= 0.6 is 0 Å². The summed E-state index contributed by atoms with van der Waals surface area (Å²) in [4.78, 5) is 13.1. The number of H-pyrrole nitrogens is 1. The number of hydrogen-bond donors (Lipinski definition) is 1. The minimum Gasteiger partial charge on any atom is -0.328 e. The molecule has 0 atom stereocenters. The molecule has 0 saturated heterocycles. The van der Waals surface area contributed by atoms with Crippen LogP contribution in [0.1, 0.15) is 0 Å². The molecule has 0 aliphatic heterocycles. The molecule has 5 nitrogen and oxygen atoms in total. The molecule has 0 radical (unpaired) electrons. The van der Waals surface area contributed by atoms with Crippen molar-refractivity contribution in [2.45, 2.75) is 4.90 Å². The second-order valence-electron chi connectivity index (χ2n) is 3.84. The van der Waals surface area contributed by atoms with Gasteiger partial charge < -0.3 is 4.98 Å². The van der Waals surface area contributed by atoms with Crippen molar-refractivity contribution in [2.75, 3.05) is 11.4 Å². The van der Waals surface area contributed by atoms with Gasteiger partial charge in [0, 0.05) is 19.3 Å². The Kier molecular flexibility index (Phi) is 3.39. The zero-order chi connectivity index (χ0) is 14.0. The van der Waals surface area contributed by atoms with Crippen molar-refractivity contribution in [2.24, 2.45) is 0 Å². The monoisotopic (exact) mass is 282 g/mol. The Balaban J connectivity index is 2.45. The third-order valence-electron chi connectivity index (χ3n) is 2.59. The van der Waals surface area contributed by atoms with E-state index in [1.54, 1.807) is 0 Å². The van der Waals surface area contributed by atoms with Gasteiger partial charge in [-0.05, 0) is 24.3 Å². The quantitative estimate of drug-likeness (QED) is 0.923. The van der Waals surface area contributed by atoms with Gasteiger partial charge in [0.15, 0.2) is 0 Å². The SMILES string of the molecule is CN(c1cccc(F)c1)S(=O)(=O)c1ccc(=O)[nH]c1. The summed E-state index contributed by atoms with van der Waals surface area (Å²) in [5, 5.41) is 0. The van der Waals surface area contributed by atoms with Gasteiger partial charge in [0.2, 0.25) is 5.56 Å². The fourth-order valence-electron chi connectivity index (χ4n) is 1.53. The number of pyridine rings is 1. The topological polar surface area (TPSA) is 70.2 Å². The fourth-order valence-corrected chi connectivity index (χ4v) is 2.68. The van der Waals surface area contributed by atoms with Crippen LogP contribution in [0.2, 0.25) is 0 Å². The first-order valence-electron chi connectivity index (χ1n) is 5.34. The second-order valence-corrected chi connectivity index (χ2v) is 5.81. The van der Waals surface area contributed by atoms with Crippen LogP contribution in [-0.2, 0) is 10.0 Å². The van der Waals surface area contributed by atoms with Crippen LogP contribution in [0.4, 0.5) is 10.1 Å². The summed E-state index contributed by atoms with van der Waals surface area (Å²) in [6.45, 7) is 0. The molecule has 1 aromatic heterocycles. The average Bonchev–Trinajstić information content (AvgIpc) is 2.38. The maximum Gasteiger partial charge on any atom is 0.265 e. The van der Waals surface area contributed by atoms with Crippen LogP contribution in [0.3, 0.4) is 0 Å². The van der Waals surface area contributed by atoms with Gasteiger partial charge in [0.1, 0.15) is 10.7 Å². The highest BCUT2D eigenvalue weighted by Crippen LogP contribution is 2.21. The van der Waals surface area contributed by atoms with E-state index in [2.05, 4.69) is 4.98 Å². The summed E-state index contributed by atoms with van der Waals surface area (Å²) < 4.78 is 38.5. The van der Waals surface area contributed by atoms with Gasteiger partial charge in [-0.2, -0.15) is 0 Å². The normalized spacial score (nSPS) is 11.3. The maximum atomic E-state index is 13.1. The number of sulfonamides is 1. The van der Waals surface area contributed by atoms with Crippen molar-refractivity contribution in [3.63, 3.8) is 0 Å². The van der Waals surface area contributed by atoms with Crippen molar-refractivity contribution in [1.29, 1.82) is 0 Å². The van der Waals surface area contributed by atoms with Gasteiger partial charge in [0.05, 0.1) is 5.69 Å². The molecule has 0 saturated carbocycles. The van der Waals surface area contributed by atoms with Gasteiger partial charge >= 0.3 is 0 Å².